The Morgan fingerprint density at radius 1 is 1.14 bits per heavy atom. The van der Waals surface area contributed by atoms with Crippen molar-refractivity contribution in [2.24, 2.45) is 0 Å². The number of ether oxygens (including phenoxy) is 1. The van der Waals surface area contributed by atoms with E-state index < -0.39 is 0 Å². The van der Waals surface area contributed by atoms with Crippen LogP contribution in [0.25, 0.3) is 10.9 Å². The summed E-state index contributed by atoms with van der Waals surface area (Å²) in [4.78, 5) is 0. The third-order valence-corrected chi connectivity index (χ3v) is 3.71. The van der Waals surface area contributed by atoms with Gasteiger partial charge in [0.15, 0.2) is 0 Å². The summed E-state index contributed by atoms with van der Waals surface area (Å²) in [5, 5.41) is 1.21. The Kier molecular flexibility index (Phi) is 3.57. The number of nitrogens with two attached hydrogens (primary N) is 1. The van der Waals surface area contributed by atoms with Crippen molar-refractivity contribution in [3.05, 3.63) is 59.8 Å². The monoisotopic (exact) mass is 280 g/mol. The predicted molar refractivity (Wildman–Crippen MR) is 87.5 cm³/mol. The van der Waals surface area contributed by atoms with Gasteiger partial charge in [0.2, 0.25) is 0 Å². The van der Waals surface area contributed by atoms with Gasteiger partial charge in [0.05, 0.1) is 5.52 Å². The van der Waals surface area contributed by atoms with Crippen molar-refractivity contribution in [3.8, 4) is 5.75 Å². The second-order valence-corrected chi connectivity index (χ2v) is 5.32. The van der Waals surface area contributed by atoms with E-state index >= 15 is 0 Å². The molecule has 0 unspecified atom stereocenters. The van der Waals surface area contributed by atoms with Crippen molar-refractivity contribution in [2.75, 3.05) is 5.73 Å². The first-order chi connectivity index (χ1) is 10.2. The van der Waals surface area contributed by atoms with Gasteiger partial charge in [-0.15, -0.1) is 0 Å². The molecule has 108 valence electrons. The molecular weight excluding hydrogens is 260 g/mol. The van der Waals surface area contributed by atoms with Gasteiger partial charge in [0.1, 0.15) is 12.4 Å². The molecule has 0 aliphatic carbocycles. The van der Waals surface area contributed by atoms with Crippen LogP contribution < -0.4 is 10.5 Å². The molecule has 0 amide bonds. The summed E-state index contributed by atoms with van der Waals surface area (Å²) >= 11 is 0. The SMILES string of the molecule is CCn1cc(COc2cccc(C)c2)c2ccc(N)cc21. The summed E-state index contributed by atoms with van der Waals surface area (Å²) in [6.45, 7) is 5.69. The average molecular weight is 280 g/mol. The van der Waals surface area contributed by atoms with Crippen LogP contribution in [0, 0.1) is 6.92 Å². The maximum absolute atomic E-state index is 5.92. The Balaban J connectivity index is 1.90. The minimum Gasteiger partial charge on any atom is -0.489 e. The average Bonchev–Trinajstić information content (AvgIpc) is 2.82. The molecule has 1 heterocycles. The molecule has 0 saturated carbocycles. The standard InChI is InChI=1S/C18H20N2O/c1-3-20-11-14(17-8-7-15(19)10-18(17)20)12-21-16-6-4-5-13(2)9-16/h4-11H,3,12,19H2,1-2H3. The minimum atomic E-state index is 0.566. The van der Waals surface area contributed by atoms with Crippen LogP contribution in [0.4, 0.5) is 5.69 Å². The molecule has 0 saturated heterocycles. The van der Waals surface area contributed by atoms with Crippen LogP contribution in [0.3, 0.4) is 0 Å². The van der Waals surface area contributed by atoms with Crippen molar-refractivity contribution >= 4 is 16.6 Å². The third kappa shape index (κ3) is 2.72. The number of hydrogen-bond acceptors (Lipinski definition) is 2. The topological polar surface area (TPSA) is 40.2 Å². The summed E-state index contributed by atoms with van der Waals surface area (Å²) < 4.78 is 8.13. The molecule has 0 spiro atoms. The summed E-state index contributed by atoms with van der Waals surface area (Å²) in [7, 11) is 0. The van der Waals surface area contributed by atoms with Crippen LogP contribution in [0.2, 0.25) is 0 Å². The molecule has 0 bridgehead atoms. The second kappa shape index (κ2) is 5.52. The largest absolute Gasteiger partial charge is 0.489 e. The molecule has 0 radical (unpaired) electrons. The first kappa shape index (κ1) is 13.6. The number of nitrogens with zero attached hydrogens (tertiary/aromatic N) is 1. The summed E-state index contributed by atoms with van der Waals surface area (Å²) in [5.74, 6) is 0.905. The van der Waals surface area contributed by atoms with E-state index in [9.17, 15) is 0 Å². The van der Waals surface area contributed by atoms with E-state index in [1.54, 1.807) is 0 Å². The van der Waals surface area contributed by atoms with E-state index in [1.807, 2.05) is 24.3 Å². The smallest absolute Gasteiger partial charge is 0.120 e. The number of hydrogen-bond donors (Lipinski definition) is 1. The zero-order valence-corrected chi connectivity index (χ0v) is 12.5. The van der Waals surface area contributed by atoms with Gasteiger partial charge in [-0.3, -0.25) is 0 Å². The molecule has 3 rings (SSSR count). The van der Waals surface area contributed by atoms with Crippen LogP contribution >= 0.6 is 0 Å². The Morgan fingerprint density at radius 2 is 2.00 bits per heavy atom. The maximum Gasteiger partial charge on any atom is 0.120 e. The molecule has 0 atom stereocenters. The van der Waals surface area contributed by atoms with Crippen molar-refractivity contribution in [1.29, 1.82) is 0 Å². The Hall–Kier alpha value is -2.42. The zero-order valence-electron chi connectivity index (χ0n) is 12.5. The van der Waals surface area contributed by atoms with Crippen LogP contribution in [0.15, 0.2) is 48.7 Å². The number of rotatable bonds is 4. The van der Waals surface area contributed by atoms with Gasteiger partial charge < -0.3 is 15.0 Å². The molecule has 3 heteroatoms. The highest BCUT2D eigenvalue weighted by atomic mass is 16.5. The first-order valence-electron chi connectivity index (χ1n) is 7.24. The molecule has 3 nitrogen and oxygen atoms in total. The Labute approximate surface area is 125 Å². The summed E-state index contributed by atoms with van der Waals surface area (Å²) in [5.41, 5.74) is 10.2. The van der Waals surface area contributed by atoms with E-state index in [1.165, 1.54) is 22.0 Å². The van der Waals surface area contributed by atoms with E-state index in [0.29, 0.717) is 6.61 Å². The zero-order chi connectivity index (χ0) is 14.8. The quantitative estimate of drug-likeness (QED) is 0.730. The van der Waals surface area contributed by atoms with Gasteiger partial charge >= 0.3 is 0 Å². The van der Waals surface area contributed by atoms with Crippen molar-refractivity contribution in [2.45, 2.75) is 27.0 Å². The van der Waals surface area contributed by atoms with Gasteiger partial charge in [-0.25, -0.2) is 0 Å². The number of aromatic nitrogens is 1. The highest BCUT2D eigenvalue weighted by molar-refractivity contribution is 5.86. The van der Waals surface area contributed by atoms with Gasteiger partial charge in [0.25, 0.3) is 0 Å². The number of fused-ring (bicyclic) bond motifs is 1. The third-order valence-electron chi connectivity index (χ3n) is 3.71. The number of aryl methyl sites for hydroxylation is 2. The number of nitrogen functional groups attached to an aromatic ring is 1. The Bertz CT molecular complexity index is 774. The summed E-state index contributed by atoms with van der Waals surface area (Å²) in [6, 6.07) is 14.2. The van der Waals surface area contributed by atoms with Crippen molar-refractivity contribution in [1.82, 2.24) is 4.57 Å². The van der Waals surface area contributed by atoms with Crippen LogP contribution in [-0.4, -0.2) is 4.57 Å². The molecule has 1 aromatic heterocycles. The molecule has 2 aromatic carbocycles. The molecule has 0 aliphatic heterocycles. The lowest BCUT2D eigenvalue weighted by Gasteiger charge is -2.06. The predicted octanol–water partition coefficient (Wildman–Crippen LogP) is 4.13. The molecular formula is C18H20N2O. The van der Waals surface area contributed by atoms with Gasteiger partial charge in [-0.2, -0.15) is 0 Å². The number of benzene rings is 2. The van der Waals surface area contributed by atoms with E-state index in [4.69, 9.17) is 10.5 Å². The maximum atomic E-state index is 5.92. The van der Waals surface area contributed by atoms with Crippen LogP contribution in [0.1, 0.15) is 18.1 Å². The van der Waals surface area contributed by atoms with Crippen molar-refractivity contribution < 1.29 is 4.74 Å². The van der Waals surface area contributed by atoms with Crippen LogP contribution in [0.5, 0.6) is 5.75 Å². The van der Waals surface area contributed by atoms with Gasteiger partial charge in [-0.1, -0.05) is 18.2 Å². The highest BCUT2D eigenvalue weighted by Gasteiger charge is 2.08. The fourth-order valence-corrected chi connectivity index (χ4v) is 2.63. The van der Waals surface area contributed by atoms with E-state index in [0.717, 1.165) is 18.0 Å². The van der Waals surface area contributed by atoms with Crippen LogP contribution in [-0.2, 0) is 13.2 Å². The molecule has 21 heavy (non-hydrogen) atoms. The normalized spacial score (nSPS) is 11.0. The molecule has 3 aromatic rings. The fourth-order valence-electron chi connectivity index (χ4n) is 2.63. The first-order valence-corrected chi connectivity index (χ1v) is 7.24. The lowest BCUT2D eigenvalue weighted by molar-refractivity contribution is 0.307. The van der Waals surface area contributed by atoms with E-state index in [-0.39, 0.29) is 0 Å². The molecule has 2 N–H and O–H groups in total. The lowest BCUT2D eigenvalue weighted by Crippen LogP contribution is -1.95. The highest BCUT2D eigenvalue weighted by Crippen LogP contribution is 2.25. The van der Waals surface area contributed by atoms with Gasteiger partial charge in [0, 0.05) is 29.4 Å². The Morgan fingerprint density at radius 3 is 2.76 bits per heavy atom. The lowest BCUT2D eigenvalue weighted by atomic mass is 10.1. The van der Waals surface area contributed by atoms with Crippen molar-refractivity contribution in [3.63, 3.8) is 0 Å². The van der Waals surface area contributed by atoms with E-state index in [2.05, 4.69) is 42.8 Å². The van der Waals surface area contributed by atoms with Gasteiger partial charge in [-0.05, 0) is 43.7 Å². The second-order valence-electron chi connectivity index (χ2n) is 5.32. The minimum absolute atomic E-state index is 0.566. The fraction of sp³-hybridized carbons (Fsp3) is 0.222. The summed E-state index contributed by atoms with van der Waals surface area (Å²) in [6.07, 6.45) is 2.15. The number of anilines is 1. The molecule has 0 fully saturated rings. The molecule has 0 aliphatic rings.